The number of aliphatic hydroxyl groups excluding tert-OH is 1. The molecule has 170 valence electrons. The Labute approximate surface area is 178 Å². The van der Waals surface area contributed by atoms with Crippen molar-refractivity contribution < 1.29 is 23.1 Å². The number of carbonyl (C=O) groups is 1. The molecule has 1 aromatic heterocycles. The number of carbonyl (C=O) groups excluding carboxylic acids is 1. The van der Waals surface area contributed by atoms with Crippen LogP contribution in [0.3, 0.4) is 0 Å². The molecule has 6 nitrogen and oxygen atoms in total. The Morgan fingerprint density at radius 2 is 2.06 bits per heavy atom. The zero-order valence-corrected chi connectivity index (χ0v) is 17.4. The highest BCUT2D eigenvalue weighted by molar-refractivity contribution is 5.83. The zero-order chi connectivity index (χ0) is 22.3. The van der Waals surface area contributed by atoms with Gasteiger partial charge in [-0.3, -0.25) is 14.5 Å². The predicted molar refractivity (Wildman–Crippen MR) is 109 cm³/mol. The van der Waals surface area contributed by atoms with Crippen molar-refractivity contribution in [2.24, 2.45) is 11.8 Å². The zero-order valence-electron chi connectivity index (χ0n) is 17.4. The molecule has 1 saturated carbocycles. The molecular weight excluding hydrogens is 411 g/mol. The lowest BCUT2D eigenvalue weighted by atomic mass is 9.87. The number of nitrogens with one attached hydrogen (secondary N) is 1. The third-order valence-electron chi connectivity index (χ3n) is 6.94. The smallest absolute Gasteiger partial charge is 0.390 e. The number of alkyl halides is 3. The minimum atomic E-state index is -4.37. The largest absolute Gasteiger partial charge is 0.396 e. The Bertz CT molecular complexity index is 923. The van der Waals surface area contributed by atoms with Gasteiger partial charge in [0.1, 0.15) is 0 Å². The molecule has 0 spiro atoms. The van der Waals surface area contributed by atoms with Crippen LogP contribution in [0.1, 0.15) is 49.9 Å². The van der Waals surface area contributed by atoms with Crippen molar-refractivity contribution in [1.82, 2.24) is 14.8 Å². The van der Waals surface area contributed by atoms with Gasteiger partial charge >= 0.3 is 6.18 Å². The fourth-order valence-corrected chi connectivity index (χ4v) is 5.28. The summed E-state index contributed by atoms with van der Waals surface area (Å²) in [7, 11) is 0. The van der Waals surface area contributed by atoms with Crippen molar-refractivity contribution in [3.63, 3.8) is 0 Å². The summed E-state index contributed by atoms with van der Waals surface area (Å²) in [4.78, 5) is 27.5. The Morgan fingerprint density at radius 1 is 1.32 bits per heavy atom. The molecule has 4 atom stereocenters. The van der Waals surface area contributed by atoms with E-state index < -0.39 is 30.6 Å². The van der Waals surface area contributed by atoms with Crippen molar-refractivity contribution in [2.75, 3.05) is 13.2 Å². The summed E-state index contributed by atoms with van der Waals surface area (Å²) < 4.78 is 40.9. The second kappa shape index (κ2) is 8.43. The first-order chi connectivity index (χ1) is 14.7. The van der Waals surface area contributed by atoms with E-state index in [0.717, 1.165) is 19.3 Å². The molecule has 3 heterocycles. The highest BCUT2D eigenvalue weighted by Gasteiger charge is 2.56. The Hall–Kier alpha value is -2.13. The van der Waals surface area contributed by atoms with Gasteiger partial charge in [0.05, 0.1) is 18.5 Å². The van der Waals surface area contributed by atoms with Crippen molar-refractivity contribution >= 4 is 12.0 Å². The van der Waals surface area contributed by atoms with Crippen LogP contribution in [0.25, 0.3) is 6.08 Å². The summed E-state index contributed by atoms with van der Waals surface area (Å²) >= 11 is 0. The van der Waals surface area contributed by atoms with Gasteiger partial charge < -0.3 is 15.0 Å². The van der Waals surface area contributed by atoms with Crippen LogP contribution >= 0.6 is 0 Å². The lowest BCUT2D eigenvalue weighted by Gasteiger charge is -2.34. The van der Waals surface area contributed by atoms with Crippen molar-refractivity contribution in [1.29, 1.82) is 0 Å². The number of rotatable bonds is 6. The number of hydrogen-bond acceptors (Lipinski definition) is 4. The van der Waals surface area contributed by atoms with Crippen LogP contribution in [0.5, 0.6) is 0 Å². The molecule has 2 aliphatic heterocycles. The fraction of sp³-hybridized carbons (Fsp3) is 0.636. The van der Waals surface area contributed by atoms with Crippen LogP contribution < -0.4 is 10.9 Å². The van der Waals surface area contributed by atoms with Crippen molar-refractivity contribution in [3.8, 4) is 0 Å². The lowest BCUT2D eigenvalue weighted by molar-refractivity contribution is -0.143. The number of halogens is 3. The molecule has 0 bridgehead atoms. The normalized spacial score (nSPS) is 28.5. The number of allylic oxidation sites excluding steroid dienone is 1. The third-order valence-corrected chi connectivity index (χ3v) is 6.94. The average Bonchev–Trinajstić information content (AvgIpc) is 3.19. The first kappa shape index (κ1) is 22.1. The maximum absolute atomic E-state index is 13.1. The minimum absolute atomic E-state index is 0.0510. The van der Waals surface area contributed by atoms with Crippen LogP contribution in [-0.4, -0.2) is 51.9 Å². The van der Waals surface area contributed by atoms with Crippen molar-refractivity contribution in [2.45, 2.75) is 63.5 Å². The van der Waals surface area contributed by atoms with E-state index in [-0.39, 0.29) is 43.1 Å². The summed E-state index contributed by atoms with van der Waals surface area (Å²) in [5.74, 6) is -1.16. The molecule has 2 fully saturated rings. The molecule has 1 amide bonds. The Kier molecular flexibility index (Phi) is 6.00. The third kappa shape index (κ3) is 4.05. The maximum atomic E-state index is 13.1. The molecule has 31 heavy (non-hydrogen) atoms. The van der Waals surface area contributed by atoms with Gasteiger partial charge in [-0.15, -0.1) is 0 Å². The van der Waals surface area contributed by atoms with Gasteiger partial charge in [0.2, 0.25) is 5.91 Å². The van der Waals surface area contributed by atoms with Gasteiger partial charge in [0.25, 0.3) is 5.56 Å². The van der Waals surface area contributed by atoms with E-state index >= 15 is 0 Å². The lowest BCUT2D eigenvalue weighted by Crippen LogP contribution is -2.52. The van der Waals surface area contributed by atoms with Crippen LogP contribution in [-0.2, 0) is 11.3 Å². The van der Waals surface area contributed by atoms with E-state index in [0.29, 0.717) is 11.3 Å². The van der Waals surface area contributed by atoms with E-state index in [1.807, 2.05) is 0 Å². The molecular formula is C22H28F3N3O3. The first-order valence-corrected chi connectivity index (χ1v) is 10.9. The van der Waals surface area contributed by atoms with Gasteiger partial charge in [0, 0.05) is 48.8 Å². The number of likely N-dealkylation sites (tertiary alicyclic amines) is 1. The molecule has 1 aliphatic carbocycles. The second-order valence-corrected chi connectivity index (χ2v) is 8.77. The second-order valence-electron chi connectivity index (χ2n) is 8.77. The molecule has 0 unspecified atom stereocenters. The molecule has 1 saturated heterocycles. The SMILES string of the molecule is C/C=C\c1ccc2n(c1=O)C[C@@H]1[C@@H](CO)[C@H](C(=O)NC3CCC3)N(CCC(F)(F)F)[C@H]21. The van der Waals surface area contributed by atoms with Crippen molar-refractivity contribution in [3.05, 3.63) is 39.8 Å². The summed E-state index contributed by atoms with van der Waals surface area (Å²) in [6.07, 6.45) is 0.786. The minimum Gasteiger partial charge on any atom is -0.396 e. The van der Waals surface area contributed by atoms with Gasteiger partial charge in [-0.2, -0.15) is 13.2 Å². The van der Waals surface area contributed by atoms with E-state index in [2.05, 4.69) is 5.32 Å². The van der Waals surface area contributed by atoms with Crippen LogP contribution in [0.2, 0.25) is 0 Å². The van der Waals surface area contributed by atoms with E-state index in [4.69, 9.17) is 0 Å². The summed E-state index contributed by atoms with van der Waals surface area (Å²) in [5.41, 5.74) is 0.920. The van der Waals surface area contributed by atoms with E-state index in [9.17, 15) is 27.9 Å². The predicted octanol–water partition coefficient (Wildman–Crippen LogP) is 2.47. The van der Waals surface area contributed by atoms with Gasteiger partial charge in [-0.05, 0) is 38.3 Å². The van der Waals surface area contributed by atoms with Gasteiger partial charge in [-0.1, -0.05) is 12.2 Å². The molecule has 0 radical (unpaired) electrons. The number of hydrogen-bond donors (Lipinski definition) is 2. The molecule has 0 aromatic carbocycles. The maximum Gasteiger partial charge on any atom is 0.390 e. The monoisotopic (exact) mass is 439 g/mol. The standard InChI is InChI=1S/C22H28F3N3O3/c1-2-4-13-7-8-17-18-15(11-28(17)21(13)31)16(12-29)19(20(30)26-14-5-3-6-14)27(18)10-9-22(23,24)25/h2,4,7-8,14-16,18-19,29H,3,5-6,9-12H2,1H3,(H,26,30)/b4-2-/t15-,16-,18+,19-/m1/s1. The number of amides is 1. The Balaban J connectivity index is 1.70. The quantitative estimate of drug-likeness (QED) is 0.714. The average molecular weight is 439 g/mol. The summed E-state index contributed by atoms with van der Waals surface area (Å²) in [6, 6.07) is 2.14. The van der Waals surface area contributed by atoms with Crippen LogP contribution in [0.15, 0.2) is 23.0 Å². The van der Waals surface area contributed by atoms with Gasteiger partial charge in [0.15, 0.2) is 0 Å². The Morgan fingerprint density at radius 3 is 2.65 bits per heavy atom. The first-order valence-electron chi connectivity index (χ1n) is 10.9. The van der Waals surface area contributed by atoms with Gasteiger partial charge in [-0.25, -0.2) is 0 Å². The van der Waals surface area contributed by atoms with E-state index in [1.165, 1.54) is 0 Å². The fourth-order valence-electron chi connectivity index (χ4n) is 5.28. The summed E-state index contributed by atoms with van der Waals surface area (Å²) in [6.45, 7) is 1.41. The highest BCUT2D eigenvalue weighted by Crippen LogP contribution is 2.49. The number of pyridine rings is 1. The number of aliphatic hydroxyl groups is 1. The molecule has 2 N–H and O–H groups in total. The molecule has 3 aliphatic rings. The molecule has 1 aromatic rings. The molecule has 4 rings (SSSR count). The summed E-state index contributed by atoms with van der Waals surface area (Å²) in [5, 5.41) is 13.1. The van der Waals surface area contributed by atoms with E-state index in [1.54, 1.807) is 40.7 Å². The number of aromatic nitrogens is 1. The topological polar surface area (TPSA) is 74.6 Å². The number of nitrogens with zero attached hydrogens (tertiary/aromatic N) is 2. The van der Waals surface area contributed by atoms with Crippen LogP contribution in [0.4, 0.5) is 13.2 Å². The number of fused-ring (bicyclic) bond motifs is 3. The molecule has 9 heteroatoms. The van der Waals surface area contributed by atoms with Crippen LogP contribution in [0, 0.1) is 11.8 Å². The highest BCUT2D eigenvalue weighted by atomic mass is 19.4.